The van der Waals surface area contributed by atoms with Gasteiger partial charge in [0.05, 0.1) is 0 Å². The summed E-state index contributed by atoms with van der Waals surface area (Å²) in [5.74, 6) is 0. The summed E-state index contributed by atoms with van der Waals surface area (Å²) in [6.45, 7) is 0. The maximum atomic E-state index is 5.19. The molecule has 0 saturated heterocycles. The molecule has 0 aliphatic carbocycles. The number of hydrogen-bond donors (Lipinski definition) is 0. The average molecular weight is 104 g/mol. The van der Waals surface area contributed by atoms with E-state index in [2.05, 4.69) is 14.9 Å². The number of rotatable bonds is 0. The normalized spacial score (nSPS) is 8.83. The van der Waals surface area contributed by atoms with E-state index in [1.165, 1.54) is 6.20 Å². The van der Waals surface area contributed by atoms with Crippen LogP contribution >= 0.6 is 11.6 Å². The van der Waals surface area contributed by atoms with E-state index >= 15 is 0 Å². The van der Waals surface area contributed by atoms with Gasteiger partial charge in [0.25, 0.3) is 0 Å². The van der Waals surface area contributed by atoms with Gasteiger partial charge in [0.1, 0.15) is 6.20 Å². The van der Waals surface area contributed by atoms with E-state index in [4.69, 9.17) is 11.6 Å². The topological polar surface area (TPSA) is 38.9 Å². The van der Waals surface area contributed by atoms with E-state index in [9.17, 15) is 0 Å². The molecule has 0 spiro atoms. The monoisotopic (exact) mass is 104 g/mol. The van der Waals surface area contributed by atoms with Crippen molar-refractivity contribution in [2.45, 2.75) is 0 Å². The summed E-state index contributed by atoms with van der Waals surface area (Å²) in [7, 11) is 0. The Balaban J connectivity index is 3.05. The second kappa shape index (κ2) is 1.26. The molecule has 1 aromatic heterocycles. The highest BCUT2D eigenvalue weighted by Crippen LogP contribution is 1.95. The van der Waals surface area contributed by atoms with Gasteiger partial charge in [0, 0.05) is 0 Å². The Morgan fingerprint density at radius 1 is 1.83 bits per heavy atom. The predicted octanol–water partition coefficient (Wildman–Crippen LogP) is 0.723. The molecule has 1 heterocycles. The van der Waals surface area contributed by atoms with Crippen LogP contribution in [0.1, 0.15) is 0 Å². The Labute approximate surface area is 38.9 Å². The summed E-state index contributed by atoms with van der Waals surface area (Å²) in [6, 6.07) is 0. The van der Waals surface area contributed by atoms with E-state index in [0.29, 0.717) is 0 Å². The summed E-state index contributed by atoms with van der Waals surface area (Å²) in [6.07, 6.45) is 1.32. The molecule has 0 unspecified atom stereocenters. The Kier molecular flexibility index (Phi) is 0.759. The van der Waals surface area contributed by atoms with Crippen molar-refractivity contribution in [3.63, 3.8) is 0 Å². The summed E-state index contributed by atoms with van der Waals surface area (Å²) in [4.78, 5) is 0. The van der Waals surface area contributed by atoms with Crippen molar-refractivity contribution >= 4 is 11.6 Å². The minimum Gasteiger partial charge on any atom is -0.243 e. The van der Waals surface area contributed by atoms with Gasteiger partial charge >= 0.3 is 0 Å². The van der Waals surface area contributed by atoms with Crippen LogP contribution in [0.25, 0.3) is 0 Å². The van der Waals surface area contributed by atoms with Crippen LogP contribution in [0.2, 0.25) is 5.15 Å². The van der Waals surface area contributed by atoms with E-state index < -0.39 is 0 Å². The van der Waals surface area contributed by atoms with Crippen molar-refractivity contribution < 1.29 is 4.63 Å². The van der Waals surface area contributed by atoms with Crippen molar-refractivity contribution in [3.8, 4) is 0 Å². The summed E-state index contributed by atoms with van der Waals surface area (Å²) < 4.78 is 4.08. The first-order valence-electron chi connectivity index (χ1n) is 1.32. The highest BCUT2D eigenvalue weighted by molar-refractivity contribution is 6.29. The van der Waals surface area contributed by atoms with Crippen molar-refractivity contribution in [1.29, 1.82) is 0 Å². The van der Waals surface area contributed by atoms with E-state index in [-0.39, 0.29) is 5.15 Å². The second-order valence-corrected chi connectivity index (χ2v) is 1.12. The molecule has 0 atom stereocenters. The Morgan fingerprint density at radius 3 is 2.83 bits per heavy atom. The van der Waals surface area contributed by atoms with Crippen molar-refractivity contribution in [1.82, 2.24) is 10.3 Å². The zero-order valence-corrected chi connectivity index (χ0v) is 3.51. The van der Waals surface area contributed by atoms with Crippen LogP contribution in [-0.4, -0.2) is 10.3 Å². The molecule has 1 aromatic rings. The molecule has 6 heavy (non-hydrogen) atoms. The minimum absolute atomic E-state index is 0.287. The van der Waals surface area contributed by atoms with E-state index in [1.807, 2.05) is 0 Å². The van der Waals surface area contributed by atoms with Gasteiger partial charge < -0.3 is 0 Å². The van der Waals surface area contributed by atoms with Crippen LogP contribution in [0, 0.1) is 0 Å². The molecule has 0 bridgehead atoms. The van der Waals surface area contributed by atoms with Crippen molar-refractivity contribution in [2.75, 3.05) is 0 Å². The second-order valence-electron chi connectivity index (χ2n) is 0.730. The predicted molar refractivity (Wildman–Crippen MR) is 19.3 cm³/mol. The highest BCUT2D eigenvalue weighted by Gasteiger charge is 1.83. The van der Waals surface area contributed by atoms with Gasteiger partial charge in [-0.15, -0.1) is 0 Å². The molecule has 32 valence electrons. The molecule has 0 radical (unpaired) electrons. The maximum absolute atomic E-state index is 5.19. The lowest BCUT2D eigenvalue weighted by molar-refractivity contribution is 0.307. The Morgan fingerprint density at radius 2 is 2.67 bits per heavy atom. The Hall–Kier alpha value is -0.570. The van der Waals surface area contributed by atoms with Gasteiger partial charge in [0.15, 0.2) is 5.15 Å². The molecule has 1 rings (SSSR count). The fourth-order valence-electron chi connectivity index (χ4n) is 0.153. The van der Waals surface area contributed by atoms with Gasteiger partial charge in [0.2, 0.25) is 0 Å². The van der Waals surface area contributed by atoms with Crippen LogP contribution in [-0.2, 0) is 0 Å². The van der Waals surface area contributed by atoms with Crippen LogP contribution in [0.3, 0.4) is 0 Å². The molecule has 4 heteroatoms. The summed E-state index contributed by atoms with van der Waals surface area (Å²) in [5.41, 5.74) is 0. The van der Waals surface area contributed by atoms with Crippen LogP contribution in [0.5, 0.6) is 0 Å². The molecule has 0 aliphatic rings. The van der Waals surface area contributed by atoms with Gasteiger partial charge in [-0.1, -0.05) is 16.8 Å². The molecule has 0 saturated carbocycles. The molecular formula is C2HClN2O. The first kappa shape index (κ1) is 3.61. The SMILES string of the molecule is Clc1cnon1. The fourth-order valence-corrected chi connectivity index (χ4v) is 0.224. The van der Waals surface area contributed by atoms with Crippen LogP contribution in [0.4, 0.5) is 0 Å². The number of nitrogens with zero attached hydrogens (tertiary/aromatic N) is 2. The number of halogens is 1. The van der Waals surface area contributed by atoms with E-state index in [0.717, 1.165) is 0 Å². The summed E-state index contributed by atoms with van der Waals surface area (Å²) in [5, 5.41) is 6.69. The van der Waals surface area contributed by atoms with Gasteiger partial charge in [-0.3, -0.25) is 0 Å². The fraction of sp³-hybridized carbons (Fsp3) is 0. The molecule has 0 amide bonds. The summed E-state index contributed by atoms with van der Waals surface area (Å²) >= 11 is 5.19. The molecule has 0 aromatic carbocycles. The molecule has 0 aliphatic heterocycles. The third kappa shape index (κ3) is 0.490. The smallest absolute Gasteiger partial charge is 0.193 e. The van der Waals surface area contributed by atoms with Gasteiger partial charge in [-0.2, -0.15) is 0 Å². The number of hydrogen-bond acceptors (Lipinski definition) is 3. The third-order valence-electron chi connectivity index (χ3n) is 0.334. The first-order valence-corrected chi connectivity index (χ1v) is 1.70. The quantitative estimate of drug-likeness (QED) is 0.487. The van der Waals surface area contributed by atoms with Crippen molar-refractivity contribution in [3.05, 3.63) is 11.3 Å². The third-order valence-corrected chi connectivity index (χ3v) is 0.501. The zero-order chi connectivity index (χ0) is 4.41. The largest absolute Gasteiger partial charge is 0.243 e. The van der Waals surface area contributed by atoms with E-state index in [1.54, 1.807) is 0 Å². The molecule has 0 N–H and O–H groups in total. The Bertz CT molecular complexity index is 115. The van der Waals surface area contributed by atoms with Gasteiger partial charge in [-0.25, -0.2) is 4.63 Å². The van der Waals surface area contributed by atoms with Crippen LogP contribution < -0.4 is 0 Å². The zero-order valence-electron chi connectivity index (χ0n) is 2.76. The minimum atomic E-state index is 0.287. The lowest BCUT2D eigenvalue weighted by atomic mass is 11.0. The average Bonchev–Trinajstić information content (AvgIpc) is 1.86. The maximum Gasteiger partial charge on any atom is 0.193 e. The van der Waals surface area contributed by atoms with Gasteiger partial charge in [-0.05, 0) is 5.16 Å². The molecule has 3 nitrogen and oxygen atoms in total. The molecule has 0 fully saturated rings. The first-order chi connectivity index (χ1) is 2.89. The van der Waals surface area contributed by atoms with Crippen LogP contribution in [0.15, 0.2) is 10.8 Å². The standard InChI is InChI=1S/C2HClN2O/c3-2-1-4-6-5-2/h1H. The van der Waals surface area contributed by atoms with Crippen molar-refractivity contribution in [2.24, 2.45) is 0 Å². The number of aromatic nitrogens is 2. The lowest BCUT2D eigenvalue weighted by Crippen LogP contribution is -1.49. The highest BCUT2D eigenvalue weighted by atomic mass is 35.5. The molecular weight excluding hydrogens is 103 g/mol. The lowest BCUT2D eigenvalue weighted by Gasteiger charge is -1.55.